The lowest BCUT2D eigenvalue weighted by molar-refractivity contribution is 0.0926. The average molecular weight is 506 g/mol. The first-order valence-electron chi connectivity index (χ1n) is 12.2. The molecule has 0 bridgehead atoms. The molecule has 3 amide bonds. The van der Waals surface area contributed by atoms with E-state index in [9.17, 15) is 14.7 Å². The highest BCUT2D eigenvalue weighted by Gasteiger charge is 2.52. The molecule has 0 saturated carbocycles. The van der Waals surface area contributed by atoms with Crippen molar-refractivity contribution in [1.29, 1.82) is 0 Å². The zero-order valence-electron chi connectivity index (χ0n) is 21.3. The number of urea groups is 1. The molecular weight excluding hydrogens is 474 g/mol. The normalized spacial score (nSPS) is 21.1. The summed E-state index contributed by atoms with van der Waals surface area (Å²) in [7, 11) is 1.59. The summed E-state index contributed by atoms with van der Waals surface area (Å²) >= 11 is 0. The van der Waals surface area contributed by atoms with Gasteiger partial charge in [0.25, 0.3) is 0 Å². The summed E-state index contributed by atoms with van der Waals surface area (Å²) in [5.74, 6) is 2.09. The Morgan fingerprint density at radius 1 is 1.11 bits per heavy atom. The molecule has 1 unspecified atom stereocenters. The molecule has 5 rings (SSSR count). The van der Waals surface area contributed by atoms with Gasteiger partial charge >= 0.3 is 12.1 Å². The molecule has 2 fully saturated rings. The number of nitrogens with zero attached hydrogens (tertiary/aromatic N) is 5. The maximum Gasteiger partial charge on any atom is 0.407 e. The molecule has 37 heavy (non-hydrogen) atoms. The number of amides is 3. The highest BCUT2D eigenvalue weighted by atomic mass is 16.5. The van der Waals surface area contributed by atoms with Crippen molar-refractivity contribution >= 4 is 40.4 Å². The third-order valence-corrected chi connectivity index (χ3v) is 7.18. The lowest BCUT2D eigenvalue weighted by Crippen LogP contribution is -2.47. The van der Waals surface area contributed by atoms with Gasteiger partial charge in [-0.15, -0.1) is 0 Å². The number of ether oxygens (including phenoxy) is 1. The Labute approximate surface area is 214 Å². The van der Waals surface area contributed by atoms with Crippen LogP contribution in [0.25, 0.3) is 10.9 Å². The molecule has 3 aromatic rings. The zero-order valence-corrected chi connectivity index (χ0v) is 21.3. The molecule has 1 aromatic carbocycles. The number of methoxy groups -OCH3 is 1. The van der Waals surface area contributed by atoms with Crippen molar-refractivity contribution < 1.29 is 19.4 Å². The van der Waals surface area contributed by atoms with E-state index in [0.717, 1.165) is 5.39 Å². The Bertz CT molecular complexity index is 1340. The SMILES string of the molecule is COc1ccc2c(NC(=O)Nc3cncc(N4C[C@@H]5CN(C(=O)O)C(C(C)(C)C)[C@@H]5C4)n3)ccnc2c1. The van der Waals surface area contributed by atoms with Crippen LogP contribution in [0.2, 0.25) is 0 Å². The first kappa shape index (κ1) is 24.5. The molecular formula is C26H31N7O4. The van der Waals surface area contributed by atoms with Crippen molar-refractivity contribution in [3.05, 3.63) is 42.9 Å². The minimum Gasteiger partial charge on any atom is -0.497 e. The van der Waals surface area contributed by atoms with E-state index in [0.29, 0.717) is 48.2 Å². The van der Waals surface area contributed by atoms with Gasteiger partial charge in [0.05, 0.1) is 30.7 Å². The maximum absolute atomic E-state index is 12.8. The summed E-state index contributed by atoms with van der Waals surface area (Å²) in [5.41, 5.74) is 1.13. The second-order valence-corrected chi connectivity index (χ2v) is 10.7. The molecule has 4 heterocycles. The van der Waals surface area contributed by atoms with Gasteiger partial charge in [-0.2, -0.15) is 0 Å². The van der Waals surface area contributed by atoms with Gasteiger partial charge in [0, 0.05) is 55.2 Å². The fourth-order valence-corrected chi connectivity index (χ4v) is 5.74. The van der Waals surface area contributed by atoms with Crippen molar-refractivity contribution in [2.45, 2.75) is 26.8 Å². The van der Waals surface area contributed by atoms with Crippen LogP contribution in [0.3, 0.4) is 0 Å². The summed E-state index contributed by atoms with van der Waals surface area (Å²) in [6, 6.07) is 6.67. The largest absolute Gasteiger partial charge is 0.497 e. The second kappa shape index (κ2) is 9.38. The van der Waals surface area contributed by atoms with Gasteiger partial charge in [0.1, 0.15) is 11.6 Å². The third kappa shape index (κ3) is 4.81. The van der Waals surface area contributed by atoms with E-state index in [2.05, 4.69) is 51.3 Å². The van der Waals surface area contributed by atoms with Crippen molar-refractivity contribution in [1.82, 2.24) is 19.9 Å². The van der Waals surface area contributed by atoms with Crippen LogP contribution >= 0.6 is 0 Å². The van der Waals surface area contributed by atoms with Gasteiger partial charge < -0.3 is 25.0 Å². The molecule has 2 aliphatic rings. The predicted octanol–water partition coefficient (Wildman–Crippen LogP) is 4.14. The highest BCUT2D eigenvalue weighted by molar-refractivity contribution is 6.05. The van der Waals surface area contributed by atoms with Gasteiger partial charge in [0.2, 0.25) is 0 Å². The summed E-state index contributed by atoms with van der Waals surface area (Å²) < 4.78 is 5.25. The molecule has 0 radical (unpaired) electrons. The zero-order chi connectivity index (χ0) is 26.3. The Kier molecular flexibility index (Phi) is 6.22. The number of carboxylic acid groups (broad SMARTS) is 1. The Hall–Kier alpha value is -4.15. The molecule has 11 nitrogen and oxygen atoms in total. The molecule has 3 atom stereocenters. The van der Waals surface area contributed by atoms with Gasteiger partial charge in [-0.05, 0) is 23.6 Å². The van der Waals surface area contributed by atoms with E-state index in [1.807, 2.05) is 12.1 Å². The monoisotopic (exact) mass is 505 g/mol. The molecule has 2 aliphatic heterocycles. The van der Waals surface area contributed by atoms with Crippen LogP contribution in [0.4, 0.5) is 26.9 Å². The van der Waals surface area contributed by atoms with Gasteiger partial charge in [-0.1, -0.05) is 20.8 Å². The minimum absolute atomic E-state index is 0.0739. The van der Waals surface area contributed by atoms with E-state index < -0.39 is 12.1 Å². The van der Waals surface area contributed by atoms with Gasteiger partial charge in [0.15, 0.2) is 5.82 Å². The number of nitrogens with one attached hydrogen (secondary N) is 2. The van der Waals surface area contributed by atoms with Gasteiger partial charge in [-0.3, -0.25) is 15.3 Å². The van der Waals surface area contributed by atoms with Crippen molar-refractivity contribution in [3.8, 4) is 5.75 Å². The maximum atomic E-state index is 12.8. The quantitative estimate of drug-likeness (QED) is 0.482. The van der Waals surface area contributed by atoms with E-state index in [1.54, 1.807) is 36.5 Å². The van der Waals surface area contributed by atoms with E-state index >= 15 is 0 Å². The minimum atomic E-state index is -0.862. The molecule has 0 aliphatic carbocycles. The molecule has 2 aromatic heterocycles. The molecule has 0 spiro atoms. The summed E-state index contributed by atoms with van der Waals surface area (Å²) in [6.45, 7) is 8.15. The first-order valence-corrected chi connectivity index (χ1v) is 12.2. The van der Waals surface area contributed by atoms with Crippen LogP contribution in [0.5, 0.6) is 5.75 Å². The number of hydrogen-bond donors (Lipinski definition) is 3. The number of carbonyl (C=O) groups is 2. The number of fused-ring (bicyclic) bond motifs is 2. The van der Waals surface area contributed by atoms with Crippen molar-refractivity contribution in [2.75, 3.05) is 42.3 Å². The lowest BCUT2D eigenvalue weighted by Gasteiger charge is -2.37. The number of anilines is 3. The van der Waals surface area contributed by atoms with E-state index in [-0.39, 0.29) is 23.3 Å². The summed E-state index contributed by atoms with van der Waals surface area (Å²) in [6.07, 6.45) is 3.94. The molecule has 2 saturated heterocycles. The predicted molar refractivity (Wildman–Crippen MR) is 140 cm³/mol. The van der Waals surface area contributed by atoms with E-state index in [1.165, 1.54) is 6.20 Å². The van der Waals surface area contributed by atoms with Crippen LogP contribution < -0.4 is 20.3 Å². The smallest absolute Gasteiger partial charge is 0.407 e. The summed E-state index contributed by atoms with van der Waals surface area (Å²) in [5, 5.41) is 16.1. The Morgan fingerprint density at radius 2 is 1.92 bits per heavy atom. The Morgan fingerprint density at radius 3 is 2.65 bits per heavy atom. The number of rotatable bonds is 4. The summed E-state index contributed by atoms with van der Waals surface area (Å²) in [4.78, 5) is 41.6. The van der Waals surface area contributed by atoms with Crippen LogP contribution in [-0.2, 0) is 0 Å². The second-order valence-electron chi connectivity index (χ2n) is 10.7. The standard InChI is InChI=1S/C26H31N7O4/c1-26(2,3)23-18-14-32(12-15(18)13-33(23)25(35)36)22-11-27-10-21(30-22)31-24(34)29-19-7-8-28-20-9-16(37-4)5-6-17(19)20/h5-11,15,18,23H,12-14H2,1-4H3,(H,35,36)(H2,28,29,30,31,34)/t15-,18-,23?/m1/s1. The van der Waals surface area contributed by atoms with Crippen LogP contribution in [0.15, 0.2) is 42.9 Å². The van der Waals surface area contributed by atoms with Crippen LogP contribution in [0, 0.1) is 17.3 Å². The first-order chi connectivity index (χ1) is 17.6. The number of carbonyl (C=O) groups excluding carboxylic acids is 1. The lowest BCUT2D eigenvalue weighted by atomic mass is 9.78. The number of aromatic nitrogens is 3. The fraction of sp³-hybridized carbons (Fsp3) is 0.423. The number of hydrogen-bond acceptors (Lipinski definition) is 7. The highest BCUT2D eigenvalue weighted by Crippen LogP contribution is 2.44. The number of likely N-dealkylation sites (tertiary alicyclic amines) is 1. The third-order valence-electron chi connectivity index (χ3n) is 7.18. The average Bonchev–Trinajstić information content (AvgIpc) is 3.42. The van der Waals surface area contributed by atoms with Crippen molar-refractivity contribution in [2.24, 2.45) is 17.3 Å². The number of benzene rings is 1. The van der Waals surface area contributed by atoms with Crippen LogP contribution in [-0.4, -0.2) is 69.9 Å². The van der Waals surface area contributed by atoms with Crippen molar-refractivity contribution in [3.63, 3.8) is 0 Å². The van der Waals surface area contributed by atoms with Gasteiger partial charge in [-0.25, -0.2) is 14.6 Å². The molecule has 3 N–H and O–H groups in total. The Balaban J connectivity index is 1.28. The number of pyridine rings is 1. The van der Waals surface area contributed by atoms with E-state index in [4.69, 9.17) is 4.74 Å². The molecule has 11 heteroatoms. The van der Waals surface area contributed by atoms with Crippen LogP contribution in [0.1, 0.15) is 20.8 Å². The fourth-order valence-electron chi connectivity index (χ4n) is 5.74. The topological polar surface area (TPSA) is 133 Å². The molecule has 194 valence electrons.